The molecule has 8 heteroatoms. The molecule has 1 amide bonds. The minimum atomic E-state index is -0.259. The molecule has 2 atom stereocenters. The molecule has 0 spiro atoms. The van der Waals surface area contributed by atoms with Gasteiger partial charge in [-0.05, 0) is 37.3 Å². The summed E-state index contributed by atoms with van der Waals surface area (Å²) in [4.78, 5) is 19.3. The monoisotopic (exact) mass is 391 g/mol. The molecular weight excluding hydrogens is 366 g/mol. The van der Waals surface area contributed by atoms with Gasteiger partial charge in [-0.15, -0.1) is 0 Å². The van der Waals surface area contributed by atoms with Crippen LogP contribution in [0.25, 0.3) is 10.2 Å². The molecule has 1 aliphatic carbocycles. The van der Waals surface area contributed by atoms with Gasteiger partial charge in [0, 0.05) is 19.5 Å². The molecule has 4 rings (SSSR count). The number of hydrogen-bond donors (Lipinski definition) is 2. The minimum absolute atomic E-state index is 0.0416. The number of carbonyl (C=O) groups is 1. The highest BCUT2D eigenvalue weighted by molar-refractivity contribution is 7.23. The highest BCUT2D eigenvalue weighted by Gasteiger charge is 2.25. The van der Waals surface area contributed by atoms with Gasteiger partial charge in [-0.25, -0.2) is 4.98 Å². The van der Waals surface area contributed by atoms with E-state index in [2.05, 4.69) is 21.3 Å². The molecule has 2 aromatic rings. The average molecular weight is 391 g/mol. The van der Waals surface area contributed by atoms with E-state index in [0.717, 1.165) is 41.8 Å². The third-order valence-electron chi connectivity index (χ3n) is 5.29. The molecule has 146 valence electrons. The third kappa shape index (κ3) is 4.02. The zero-order chi connectivity index (χ0) is 18.8. The Morgan fingerprint density at radius 2 is 2.22 bits per heavy atom. The number of nitrogens with zero attached hydrogens (tertiary/aromatic N) is 2. The van der Waals surface area contributed by atoms with Gasteiger partial charge in [-0.1, -0.05) is 11.3 Å². The first-order valence-electron chi connectivity index (χ1n) is 9.42. The summed E-state index contributed by atoms with van der Waals surface area (Å²) >= 11 is 1.48. The summed E-state index contributed by atoms with van der Waals surface area (Å²) < 4.78 is 11.9. The van der Waals surface area contributed by atoms with Crippen LogP contribution in [-0.4, -0.2) is 55.5 Å². The topological polar surface area (TPSA) is 83.9 Å². The van der Waals surface area contributed by atoms with Gasteiger partial charge < -0.3 is 24.8 Å². The summed E-state index contributed by atoms with van der Waals surface area (Å²) in [6, 6.07) is 3.98. The number of nitrogens with one attached hydrogen (secondary N) is 1. The first kappa shape index (κ1) is 18.5. The van der Waals surface area contributed by atoms with Crippen LogP contribution in [-0.2, 0) is 9.53 Å². The van der Waals surface area contributed by atoms with Crippen molar-refractivity contribution in [3.05, 3.63) is 12.1 Å². The van der Waals surface area contributed by atoms with Crippen molar-refractivity contribution in [1.82, 2.24) is 4.98 Å². The van der Waals surface area contributed by atoms with E-state index in [-0.39, 0.29) is 17.9 Å². The zero-order valence-electron chi connectivity index (χ0n) is 15.4. The predicted molar refractivity (Wildman–Crippen MR) is 106 cm³/mol. The molecule has 1 aromatic carbocycles. The lowest BCUT2D eigenvalue weighted by Gasteiger charge is -2.29. The second-order valence-corrected chi connectivity index (χ2v) is 8.17. The van der Waals surface area contributed by atoms with Gasteiger partial charge in [0.15, 0.2) is 5.13 Å². The average Bonchev–Trinajstić information content (AvgIpc) is 3.27. The fourth-order valence-electron chi connectivity index (χ4n) is 3.91. The van der Waals surface area contributed by atoms with Crippen LogP contribution < -0.4 is 15.0 Å². The van der Waals surface area contributed by atoms with Gasteiger partial charge in [0.1, 0.15) is 11.3 Å². The smallest absolute Gasteiger partial charge is 0.226 e. The number of carbonyl (C=O) groups excluding carboxylic acids is 1. The number of hydrogen-bond acceptors (Lipinski definition) is 7. The minimum Gasteiger partial charge on any atom is -0.494 e. The van der Waals surface area contributed by atoms with Gasteiger partial charge in [0.25, 0.3) is 0 Å². The lowest BCUT2D eigenvalue weighted by atomic mass is 10.0. The van der Waals surface area contributed by atoms with E-state index in [9.17, 15) is 9.90 Å². The Balaban J connectivity index is 1.55. The molecular formula is C19H25N3O4S. The number of methoxy groups -OCH3 is 1. The summed E-state index contributed by atoms with van der Waals surface area (Å²) in [5.74, 6) is 0.922. The zero-order valence-corrected chi connectivity index (χ0v) is 16.3. The van der Waals surface area contributed by atoms with Crippen molar-refractivity contribution in [3.8, 4) is 5.75 Å². The molecule has 2 heterocycles. The van der Waals surface area contributed by atoms with Gasteiger partial charge in [0.05, 0.1) is 36.8 Å². The summed E-state index contributed by atoms with van der Waals surface area (Å²) in [6.45, 7) is 3.10. The summed E-state index contributed by atoms with van der Waals surface area (Å²) in [6.07, 6.45) is 2.58. The molecule has 1 aromatic heterocycles. The highest BCUT2D eigenvalue weighted by atomic mass is 32.1. The fraction of sp³-hybridized carbons (Fsp3) is 0.579. The van der Waals surface area contributed by atoms with Gasteiger partial charge >= 0.3 is 0 Å². The van der Waals surface area contributed by atoms with Gasteiger partial charge in [-0.3, -0.25) is 4.79 Å². The number of amides is 1. The van der Waals surface area contributed by atoms with Crippen molar-refractivity contribution in [2.75, 3.05) is 43.6 Å². The lowest BCUT2D eigenvalue weighted by Crippen LogP contribution is -2.36. The van der Waals surface area contributed by atoms with Crippen LogP contribution in [0.1, 0.15) is 25.7 Å². The number of fused-ring (bicyclic) bond motifs is 1. The van der Waals surface area contributed by atoms with Crippen LogP contribution in [0.15, 0.2) is 12.1 Å². The van der Waals surface area contributed by atoms with Crippen molar-refractivity contribution in [3.63, 3.8) is 0 Å². The number of ether oxygens (including phenoxy) is 2. The van der Waals surface area contributed by atoms with Crippen molar-refractivity contribution in [2.24, 2.45) is 5.92 Å². The third-order valence-corrected chi connectivity index (χ3v) is 6.28. The molecule has 1 saturated heterocycles. The number of thiazole rings is 1. The molecule has 2 fully saturated rings. The fourth-order valence-corrected chi connectivity index (χ4v) is 4.95. The molecule has 0 bridgehead atoms. The first-order valence-corrected chi connectivity index (χ1v) is 10.2. The van der Waals surface area contributed by atoms with Crippen molar-refractivity contribution in [1.29, 1.82) is 0 Å². The number of rotatable bonds is 5. The van der Waals surface area contributed by atoms with E-state index in [1.807, 2.05) is 6.07 Å². The Morgan fingerprint density at radius 3 is 2.93 bits per heavy atom. The van der Waals surface area contributed by atoms with Crippen LogP contribution in [0.3, 0.4) is 0 Å². The molecule has 2 unspecified atom stereocenters. The molecule has 1 saturated carbocycles. The summed E-state index contributed by atoms with van der Waals surface area (Å²) in [5.41, 5.74) is 1.88. The standard InChI is InChI=1S/C19H25N3O4S/c1-25-15-5-4-14(22-6-8-26-9-7-22)18-17(15)21-19(27-18)20-16(24)11-12-2-3-13(23)10-12/h4-5,12-13,23H,2-3,6-11H2,1H3,(H,20,21,24). The van der Waals surface area contributed by atoms with E-state index in [1.165, 1.54) is 11.3 Å². The van der Waals surface area contributed by atoms with Gasteiger partial charge in [-0.2, -0.15) is 0 Å². The lowest BCUT2D eigenvalue weighted by molar-refractivity contribution is -0.117. The van der Waals surface area contributed by atoms with Crippen LogP contribution in [0.4, 0.5) is 10.8 Å². The second kappa shape index (κ2) is 8.00. The molecule has 2 N–H and O–H groups in total. The number of morpholine rings is 1. The number of benzene rings is 1. The molecule has 1 aliphatic heterocycles. The van der Waals surface area contributed by atoms with E-state index < -0.39 is 0 Å². The number of aliphatic hydroxyl groups is 1. The van der Waals surface area contributed by atoms with Crippen LogP contribution >= 0.6 is 11.3 Å². The second-order valence-electron chi connectivity index (χ2n) is 7.17. The van der Waals surface area contributed by atoms with Crippen molar-refractivity contribution < 1.29 is 19.4 Å². The maximum absolute atomic E-state index is 12.4. The quantitative estimate of drug-likeness (QED) is 0.815. The number of aromatic nitrogens is 1. The van der Waals surface area contributed by atoms with E-state index >= 15 is 0 Å². The Kier molecular flexibility index (Phi) is 5.47. The van der Waals surface area contributed by atoms with Crippen molar-refractivity contribution in [2.45, 2.75) is 31.8 Å². The van der Waals surface area contributed by atoms with E-state index in [4.69, 9.17) is 9.47 Å². The maximum atomic E-state index is 12.4. The predicted octanol–water partition coefficient (Wildman–Crippen LogP) is 2.63. The van der Waals surface area contributed by atoms with Crippen LogP contribution in [0, 0.1) is 5.92 Å². The summed E-state index contributed by atoms with van der Waals surface area (Å²) in [7, 11) is 1.63. The molecule has 2 aliphatic rings. The Bertz CT molecular complexity index is 819. The Morgan fingerprint density at radius 1 is 1.41 bits per heavy atom. The first-order chi connectivity index (χ1) is 13.1. The van der Waals surface area contributed by atoms with Crippen molar-refractivity contribution >= 4 is 38.3 Å². The van der Waals surface area contributed by atoms with Crippen LogP contribution in [0.2, 0.25) is 0 Å². The van der Waals surface area contributed by atoms with E-state index in [1.54, 1.807) is 7.11 Å². The Labute approximate surface area is 162 Å². The largest absolute Gasteiger partial charge is 0.494 e. The van der Waals surface area contributed by atoms with Gasteiger partial charge in [0.2, 0.25) is 5.91 Å². The van der Waals surface area contributed by atoms with E-state index in [0.29, 0.717) is 36.9 Å². The molecule has 27 heavy (non-hydrogen) atoms. The maximum Gasteiger partial charge on any atom is 0.226 e. The molecule has 7 nitrogen and oxygen atoms in total. The number of anilines is 2. The highest BCUT2D eigenvalue weighted by Crippen LogP contribution is 2.39. The SMILES string of the molecule is COc1ccc(N2CCOCC2)c2sc(NC(=O)CC3CCC(O)C3)nc12. The molecule has 0 radical (unpaired) electrons. The Hall–Kier alpha value is -1.90. The normalized spacial score (nSPS) is 23.0. The summed E-state index contributed by atoms with van der Waals surface area (Å²) in [5, 5.41) is 13.2. The number of aliphatic hydroxyl groups excluding tert-OH is 1. The van der Waals surface area contributed by atoms with Crippen LogP contribution in [0.5, 0.6) is 5.75 Å².